The summed E-state index contributed by atoms with van der Waals surface area (Å²) in [5.74, 6) is 1.13. The van der Waals surface area contributed by atoms with Gasteiger partial charge in [0.05, 0.1) is 4.90 Å². The van der Waals surface area contributed by atoms with E-state index < -0.39 is 10.0 Å². The fourth-order valence-electron chi connectivity index (χ4n) is 2.01. The molecular formula is C12H18N2O2S2. The first-order valence-electron chi connectivity index (χ1n) is 5.97. The van der Waals surface area contributed by atoms with Gasteiger partial charge in [-0.05, 0) is 43.2 Å². The number of rotatable bonds is 4. The van der Waals surface area contributed by atoms with Crippen LogP contribution in [0.4, 0.5) is 5.69 Å². The third-order valence-electron chi connectivity index (χ3n) is 3.14. The lowest BCUT2D eigenvalue weighted by Crippen LogP contribution is -2.30. The molecule has 4 nitrogen and oxygen atoms in total. The van der Waals surface area contributed by atoms with E-state index in [4.69, 9.17) is 5.73 Å². The molecule has 100 valence electrons. The Morgan fingerprint density at radius 2 is 2.28 bits per heavy atom. The summed E-state index contributed by atoms with van der Waals surface area (Å²) >= 11 is 1.83. The summed E-state index contributed by atoms with van der Waals surface area (Å²) in [5, 5.41) is 0.404. The number of hydrogen-bond acceptors (Lipinski definition) is 4. The van der Waals surface area contributed by atoms with E-state index >= 15 is 0 Å². The number of thioether (sulfide) groups is 1. The van der Waals surface area contributed by atoms with E-state index in [0.29, 0.717) is 23.0 Å². The van der Waals surface area contributed by atoms with Crippen LogP contribution in [0.15, 0.2) is 23.1 Å². The van der Waals surface area contributed by atoms with Crippen LogP contribution in [0.1, 0.15) is 18.4 Å². The summed E-state index contributed by atoms with van der Waals surface area (Å²) in [6, 6.07) is 4.97. The van der Waals surface area contributed by atoms with Crippen molar-refractivity contribution in [3.8, 4) is 0 Å². The molecule has 1 unspecified atom stereocenters. The molecular weight excluding hydrogens is 268 g/mol. The SMILES string of the molecule is Cc1c(N)cccc1S(=O)(=O)NCC1CCCS1. The molecule has 18 heavy (non-hydrogen) atoms. The zero-order valence-corrected chi connectivity index (χ0v) is 12.0. The fraction of sp³-hybridized carbons (Fsp3) is 0.500. The molecule has 1 aromatic rings. The van der Waals surface area contributed by atoms with E-state index in [-0.39, 0.29) is 4.90 Å². The van der Waals surface area contributed by atoms with Crippen molar-refractivity contribution in [1.82, 2.24) is 4.72 Å². The minimum atomic E-state index is -3.44. The molecule has 1 heterocycles. The smallest absolute Gasteiger partial charge is 0.240 e. The Balaban J connectivity index is 2.12. The zero-order chi connectivity index (χ0) is 13.2. The van der Waals surface area contributed by atoms with Crippen LogP contribution in [-0.4, -0.2) is 26.0 Å². The van der Waals surface area contributed by atoms with Gasteiger partial charge in [0.1, 0.15) is 0 Å². The summed E-state index contributed by atoms with van der Waals surface area (Å²) in [5.41, 5.74) is 6.86. The van der Waals surface area contributed by atoms with Crippen molar-refractivity contribution in [2.45, 2.75) is 29.9 Å². The highest BCUT2D eigenvalue weighted by molar-refractivity contribution is 8.00. The van der Waals surface area contributed by atoms with E-state index in [1.807, 2.05) is 11.8 Å². The number of benzene rings is 1. The van der Waals surface area contributed by atoms with Crippen molar-refractivity contribution in [3.63, 3.8) is 0 Å². The van der Waals surface area contributed by atoms with Gasteiger partial charge in [-0.1, -0.05) is 6.07 Å². The Morgan fingerprint density at radius 3 is 2.94 bits per heavy atom. The van der Waals surface area contributed by atoms with Gasteiger partial charge in [0.15, 0.2) is 0 Å². The van der Waals surface area contributed by atoms with Gasteiger partial charge in [-0.3, -0.25) is 0 Å². The van der Waals surface area contributed by atoms with Crippen LogP contribution >= 0.6 is 11.8 Å². The minimum absolute atomic E-state index is 0.283. The quantitative estimate of drug-likeness (QED) is 0.827. The Bertz CT molecular complexity index is 523. The molecule has 6 heteroatoms. The second-order valence-corrected chi connectivity index (χ2v) is 7.60. The molecule has 0 spiro atoms. The Labute approximate surface area is 112 Å². The Hall–Kier alpha value is -0.720. The number of sulfonamides is 1. The number of nitrogens with one attached hydrogen (secondary N) is 1. The summed E-state index contributed by atoms with van der Waals surface area (Å²) in [7, 11) is -3.44. The molecule has 1 aliphatic heterocycles. The van der Waals surface area contributed by atoms with Crippen LogP contribution in [-0.2, 0) is 10.0 Å². The lowest BCUT2D eigenvalue weighted by molar-refractivity contribution is 0.578. The van der Waals surface area contributed by atoms with Crippen molar-refractivity contribution >= 4 is 27.5 Å². The Kier molecular flexibility index (Phi) is 4.19. The third kappa shape index (κ3) is 2.99. The third-order valence-corrected chi connectivity index (χ3v) is 6.11. The highest BCUT2D eigenvalue weighted by Gasteiger charge is 2.21. The molecule has 1 saturated heterocycles. The number of nitrogen functional groups attached to an aromatic ring is 1. The van der Waals surface area contributed by atoms with Gasteiger partial charge >= 0.3 is 0 Å². The minimum Gasteiger partial charge on any atom is -0.398 e. The van der Waals surface area contributed by atoms with Crippen LogP contribution < -0.4 is 10.5 Å². The number of hydrogen-bond donors (Lipinski definition) is 2. The lowest BCUT2D eigenvalue weighted by Gasteiger charge is -2.13. The second kappa shape index (κ2) is 5.50. The zero-order valence-electron chi connectivity index (χ0n) is 10.3. The average molecular weight is 286 g/mol. The maximum absolute atomic E-state index is 12.2. The van der Waals surface area contributed by atoms with Crippen molar-refractivity contribution in [1.29, 1.82) is 0 Å². The normalized spacial score (nSPS) is 20.2. The molecule has 0 aromatic heterocycles. The van der Waals surface area contributed by atoms with Crippen LogP contribution in [0.25, 0.3) is 0 Å². The first-order chi connectivity index (χ1) is 8.50. The molecule has 1 aromatic carbocycles. The highest BCUT2D eigenvalue weighted by Crippen LogP contribution is 2.26. The van der Waals surface area contributed by atoms with Crippen molar-refractivity contribution in [2.75, 3.05) is 18.0 Å². The fourth-order valence-corrected chi connectivity index (χ4v) is 4.67. The largest absolute Gasteiger partial charge is 0.398 e. The molecule has 3 N–H and O–H groups in total. The first-order valence-corrected chi connectivity index (χ1v) is 8.50. The summed E-state index contributed by atoms with van der Waals surface area (Å²) < 4.78 is 27.1. The van der Waals surface area contributed by atoms with Crippen molar-refractivity contribution in [3.05, 3.63) is 23.8 Å². The van der Waals surface area contributed by atoms with Crippen LogP contribution in [0.5, 0.6) is 0 Å². The molecule has 0 radical (unpaired) electrons. The Morgan fingerprint density at radius 1 is 1.50 bits per heavy atom. The van der Waals surface area contributed by atoms with E-state index in [1.54, 1.807) is 25.1 Å². The maximum Gasteiger partial charge on any atom is 0.240 e. The van der Waals surface area contributed by atoms with Gasteiger partial charge in [-0.15, -0.1) is 0 Å². The van der Waals surface area contributed by atoms with Gasteiger partial charge in [0.2, 0.25) is 10.0 Å². The second-order valence-electron chi connectivity index (χ2n) is 4.46. The molecule has 1 fully saturated rings. The monoisotopic (exact) mass is 286 g/mol. The molecule has 1 aliphatic rings. The number of nitrogens with two attached hydrogens (primary N) is 1. The predicted molar refractivity (Wildman–Crippen MR) is 76.3 cm³/mol. The summed E-state index contributed by atoms with van der Waals surface area (Å²) in [6.45, 7) is 2.23. The van der Waals surface area contributed by atoms with Gasteiger partial charge in [0.25, 0.3) is 0 Å². The van der Waals surface area contributed by atoms with E-state index in [2.05, 4.69) is 4.72 Å². The van der Waals surface area contributed by atoms with Gasteiger partial charge in [-0.25, -0.2) is 13.1 Å². The molecule has 0 aliphatic carbocycles. The topological polar surface area (TPSA) is 72.2 Å². The van der Waals surface area contributed by atoms with Crippen LogP contribution in [0.2, 0.25) is 0 Å². The predicted octanol–water partition coefficient (Wildman–Crippen LogP) is 1.75. The van der Waals surface area contributed by atoms with Crippen LogP contribution in [0.3, 0.4) is 0 Å². The van der Waals surface area contributed by atoms with E-state index in [0.717, 1.165) is 12.2 Å². The average Bonchev–Trinajstić information content (AvgIpc) is 2.83. The van der Waals surface area contributed by atoms with Crippen molar-refractivity contribution < 1.29 is 8.42 Å². The molecule has 0 amide bonds. The lowest BCUT2D eigenvalue weighted by atomic mass is 10.2. The van der Waals surface area contributed by atoms with Crippen molar-refractivity contribution in [2.24, 2.45) is 0 Å². The number of anilines is 1. The van der Waals surface area contributed by atoms with Gasteiger partial charge in [0, 0.05) is 17.5 Å². The standard InChI is InChI=1S/C12H18N2O2S2/c1-9-11(13)5-2-6-12(9)18(15,16)14-8-10-4-3-7-17-10/h2,5-6,10,14H,3-4,7-8,13H2,1H3. The summed E-state index contributed by atoms with van der Waals surface area (Å²) in [4.78, 5) is 0.283. The molecule has 1 atom stereocenters. The van der Waals surface area contributed by atoms with Gasteiger partial charge < -0.3 is 5.73 Å². The molecule has 0 saturated carbocycles. The highest BCUT2D eigenvalue weighted by atomic mass is 32.2. The van der Waals surface area contributed by atoms with E-state index in [9.17, 15) is 8.42 Å². The molecule has 0 bridgehead atoms. The maximum atomic E-state index is 12.2. The molecule has 2 rings (SSSR count). The van der Waals surface area contributed by atoms with Crippen LogP contribution in [0, 0.1) is 6.92 Å². The summed E-state index contributed by atoms with van der Waals surface area (Å²) in [6.07, 6.45) is 2.26. The van der Waals surface area contributed by atoms with Gasteiger partial charge in [-0.2, -0.15) is 11.8 Å². The first kappa shape index (κ1) is 13.7. The van der Waals surface area contributed by atoms with E-state index in [1.165, 1.54) is 6.42 Å².